The minimum atomic E-state index is 0.732. The van der Waals surface area contributed by atoms with Crippen LogP contribution in [0.4, 0.5) is 5.69 Å². The van der Waals surface area contributed by atoms with E-state index in [9.17, 15) is 0 Å². The molecule has 2 aromatic heterocycles. The largest absolute Gasteiger partial charge is 0.399 e. The molecule has 16 heavy (non-hydrogen) atoms. The zero-order chi connectivity index (χ0) is 11.0. The first kappa shape index (κ1) is 8.84. The molecule has 0 saturated carbocycles. The van der Waals surface area contributed by atoms with Crippen molar-refractivity contribution in [2.45, 2.75) is 0 Å². The van der Waals surface area contributed by atoms with Gasteiger partial charge in [0, 0.05) is 23.5 Å². The van der Waals surface area contributed by atoms with Crippen LogP contribution in [-0.4, -0.2) is 19.6 Å². The molecule has 0 aliphatic carbocycles. The van der Waals surface area contributed by atoms with Crippen LogP contribution >= 0.6 is 0 Å². The Morgan fingerprint density at radius 2 is 1.81 bits per heavy atom. The molecule has 0 spiro atoms. The van der Waals surface area contributed by atoms with Crippen molar-refractivity contribution in [3.8, 4) is 11.4 Å². The van der Waals surface area contributed by atoms with Crippen molar-refractivity contribution in [2.75, 3.05) is 5.73 Å². The highest BCUT2D eigenvalue weighted by molar-refractivity contribution is 5.61. The molecule has 0 atom stereocenters. The van der Waals surface area contributed by atoms with Crippen LogP contribution in [0, 0.1) is 0 Å². The molecule has 0 fully saturated rings. The molecule has 0 unspecified atom stereocenters. The predicted octanol–water partition coefficient (Wildman–Crippen LogP) is 1.37. The standard InChI is InChI=1S/C11H9N5/c12-9-3-1-8(2-4-9)11-15-14-10-5-6-13-7-16(10)11/h1-7H,12H2. The first-order valence-corrected chi connectivity index (χ1v) is 4.85. The maximum atomic E-state index is 5.64. The third-order valence-electron chi connectivity index (χ3n) is 2.38. The number of hydrogen-bond acceptors (Lipinski definition) is 4. The van der Waals surface area contributed by atoms with Crippen molar-refractivity contribution in [1.82, 2.24) is 19.6 Å². The summed E-state index contributed by atoms with van der Waals surface area (Å²) in [6.07, 6.45) is 3.39. The number of hydrogen-bond donors (Lipinski definition) is 1. The molecule has 3 rings (SSSR count). The van der Waals surface area contributed by atoms with Gasteiger partial charge in [0.2, 0.25) is 0 Å². The normalized spacial score (nSPS) is 10.8. The van der Waals surface area contributed by atoms with E-state index in [-0.39, 0.29) is 0 Å². The minimum absolute atomic E-state index is 0.732. The van der Waals surface area contributed by atoms with Gasteiger partial charge in [-0.25, -0.2) is 4.98 Å². The number of aromatic nitrogens is 4. The first-order chi connectivity index (χ1) is 7.84. The van der Waals surface area contributed by atoms with Crippen LogP contribution in [0.25, 0.3) is 17.0 Å². The summed E-state index contributed by atoms with van der Waals surface area (Å²) in [5, 5.41) is 8.19. The van der Waals surface area contributed by atoms with Gasteiger partial charge in [-0.05, 0) is 24.3 Å². The van der Waals surface area contributed by atoms with Crippen molar-refractivity contribution >= 4 is 11.3 Å². The highest BCUT2D eigenvalue weighted by atomic mass is 15.3. The third-order valence-corrected chi connectivity index (χ3v) is 2.38. The van der Waals surface area contributed by atoms with Crippen LogP contribution in [0.15, 0.2) is 42.9 Å². The molecule has 0 bridgehead atoms. The molecule has 0 saturated heterocycles. The average molecular weight is 211 g/mol. The van der Waals surface area contributed by atoms with E-state index in [1.165, 1.54) is 0 Å². The predicted molar refractivity (Wildman–Crippen MR) is 60.6 cm³/mol. The van der Waals surface area contributed by atoms with Gasteiger partial charge in [0.05, 0.1) is 0 Å². The van der Waals surface area contributed by atoms with Gasteiger partial charge in [-0.2, -0.15) is 0 Å². The van der Waals surface area contributed by atoms with Crippen LogP contribution in [-0.2, 0) is 0 Å². The number of anilines is 1. The summed E-state index contributed by atoms with van der Waals surface area (Å²) in [6, 6.07) is 9.32. The Morgan fingerprint density at radius 1 is 1.00 bits per heavy atom. The van der Waals surface area contributed by atoms with E-state index >= 15 is 0 Å². The molecular weight excluding hydrogens is 202 g/mol. The molecule has 3 aromatic rings. The second-order valence-electron chi connectivity index (χ2n) is 3.45. The van der Waals surface area contributed by atoms with E-state index in [2.05, 4.69) is 15.2 Å². The first-order valence-electron chi connectivity index (χ1n) is 4.85. The van der Waals surface area contributed by atoms with Crippen molar-refractivity contribution in [1.29, 1.82) is 0 Å². The summed E-state index contributed by atoms with van der Waals surface area (Å²) < 4.78 is 1.84. The lowest BCUT2D eigenvalue weighted by molar-refractivity contribution is 1.08. The van der Waals surface area contributed by atoms with Crippen molar-refractivity contribution in [3.63, 3.8) is 0 Å². The van der Waals surface area contributed by atoms with Crippen molar-refractivity contribution < 1.29 is 0 Å². The summed E-state index contributed by atoms with van der Waals surface area (Å²) in [4.78, 5) is 4.05. The Bertz CT molecular complexity index is 626. The lowest BCUT2D eigenvalue weighted by Crippen LogP contribution is -1.90. The maximum Gasteiger partial charge on any atom is 0.169 e. The average Bonchev–Trinajstić information content (AvgIpc) is 2.74. The van der Waals surface area contributed by atoms with E-state index < -0.39 is 0 Å². The molecule has 0 aliphatic heterocycles. The van der Waals surface area contributed by atoms with Gasteiger partial charge in [-0.1, -0.05) is 0 Å². The topological polar surface area (TPSA) is 69.1 Å². The lowest BCUT2D eigenvalue weighted by atomic mass is 10.2. The number of nitrogens with two attached hydrogens (primary N) is 1. The quantitative estimate of drug-likeness (QED) is 0.617. The fourth-order valence-corrected chi connectivity index (χ4v) is 1.57. The molecule has 0 radical (unpaired) electrons. The number of fused-ring (bicyclic) bond motifs is 1. The Morgan fingerprint density at radius 3 is 2.62 bits per heavy atom. The molecule has 0 aliphatic rings. The number of benzene rings is 1. The van der Waals surface area contributed by atoms with Gasteiger partial charge in [-0.15, -0.1) is 10.2 Å². The van der Waals surface area contributed by atoms with Crippen LogP contribution in [0.1, 0.15) is 0 Å². The molecular formula is C11H9N5. The summed E-state index contributed by atoms with van der Waals surface area (Å²) in [5.41, 5.74) is 8.12. The summed E-state index contributed by atoms with van der Waals surface area (Å²) in [7, 11) is 0. The monoisotopic (exact) mass is 211 g/mol. The van der Waals surface area contributed by atoms with E-state index in [1.807, 2.05) is 34.7 Å². The van der Waals surface area contributed by atoms with E-state index in [1.54, 1.807) is 12.5 Å². The van der Waals surface area contributed by atoms with Crippen molar-refractivity contribution in [2.24, 2.45) is 0 Å². The molecule has 5 nitrogen and oxygen atoms in total. The van der Waals surface area contributed by atoms with Gasteiger partial charge in [0.1, 0.15) is 6.33 Å². The highest BCUT2D eigenvalue weighted by Gasteiger charge is 2.06. The van der Waals surface area contributed by atoms with Crippen LogP contribution < -0.4 is 5.73 Å². The van der Waals surface area contributed by atoms with E-state index in [0.717, 1.165) is 22.7 Å². The SMILES string of the molecule is Nc1ccc(-c2nnc3ccncn23)cc1. The zero-order valence-electron chi connectivity index (χ0n) is 8.41. The van der Waals surface area contributed by atoms with Crippen LogP contribution in [0.5, 0.6) is 0 Å². The molecule has 2 N–H and O–H groups in total. The van der Waals surface area contributed by atoms with Gasteiger partial charge in [-0.3, -0.25) is 4.40 Å². The number of nitrogen functional groups attached to an aromatic ring is 1. The van der Waals surface area contributed by atoms with Crippen molar-refractivity contribution in [3.05, 3.63) is 42.9 Å². The molecule has 2 heterocycles. The summed E-state index contributed by atoms with van der Waals surface area (Å²) in [6.45, 7) is 0. The zero-order valence-corrected chi connectivity index (χ0v) is 8.41. The fraction of sp³-hybridized carbons (Fsp3) is 0. The maximum absolute atomic E-state index is 5.64. The molecule has 78 valence electrons. The third kappa shape index (κ3) is 1.30. The van der Waals surface area contributed by atoms with E-state index in [0.29, 0.717) is 0 Å². The smallest absolute Gasteiger partial charge is 0.169 e. The van der Waals surface area contributed by atoms with E-state index in [4.69, 9.17) is 5.73 Å². The van der Waals surface area contributed by atoms with Gasteiger partial charge in [0.15, 0.2) is 11.5 Å². The summed E-state index contributed by atoms with van der Waals surface area (Å²) >= 11 is 0. The lowest BCUT2D eigenvalue weighted by Gasteiger charge is -1.99. The van der Waals surface area contributed by atoms with Crippen LogP contribution in [0.2, 0.25) is 0 Å². The fourth-order valence-electron chi connectivity index (χ4n) is 1.57. The minimum Gasteiger partial charge on any atom is -0.399 e. The van der Waals surface area contributed by atoms with Gasteiger partial charge < -0.3 is 5.73 Å². The molecule has 5 heteroatoms. The van der Waals surface area contributed by atoms with Gasteiger partial charge in [0.25, 0.3) is 0 Å². The Balaban J connectivity index is 2.22. The number of nitrogens with zero attached hydrogens (tertiary/aromatic N) is 4. The Kier molecular flexibility index (Phi) is 1.83. The highest BCUT2D eigenvalue weighted by Crippen LogP contribution is 2.18. The Labute approximate surface area is 91.6 Å². The molecule has 1 aromatic carbocycles. The second-order valence-corrected chi connectivity index (χ2v) is 3.45. The molecule has 0 amide bonds. The number of rotatable bonds is 1. The summed E-state index contributed by atoms with van der Waals surface area (Å²) in [5.74, 6) is 0.767. The second kappa shape index (κ2) is 3.30. The van der Waals surface area contributed by atoms with Crippen LogP contribution in [0.3, 0.4) is 0 Å². The Hall–Kier alpha value is -2.43. The van der Waals surface area contributed by atoms with Gasteiger partial charge >= 0.3 is 0 Å².